The van der Waals surface area contributed by atoms with Crippen molar-refractivity contribution in [2.75, 3.05) is 0 Å². The zero-order chi connectivity index (χ0) is 4.00. The summed E-state index contributed by atoms with van der Waals surface area (Å²) in [4.78, 5) is 0. The zero-order valence-electron chi connectivity index (χ0n) is 3.71. The number of rotatable bonds is 0. The largest absolute Gasteiger partial charge is 2.00 e. The molecule has 0 radical (unpaired) electrons. The van der Waals surface area contributed by atoms with E-state index in [0.29, 0.717) is 20.8 Å². The first kappa shape index (κ1) is 16.5. The molecule has 5 heteroatoms. The van der Waals surface area contributed by atoms with Crippen LogP contribution in [0.1, 0.15) is 0 Å². The normalized spacial score (nSPS) is 3.60. The Labute approximate surface area is 54.8 Å². The fourth-order valence-corrected chi connectivity index (χ4v) is 0. The van der Waals surface area contributed by atoms with E-state index in [2.05, 4.69) is 0 Å². The third kappa shape index (κ3) is 39.7. The summed E-state index contributed by atoms with van der Waals surface area (Å²) in [6, 6.07) is 0. The van der Waals surface area contributed by atoms with Crippen molar-refractivity contribution in [3.63, 3.8) is 0 Å². The predicted molar refractivity (Wildman–Crippen MR) is 34.3 cm³/mol. The van der Waals surface area contributed by atoms with Gasteiger partial charge in [-0.3, -0.25) is 0 Å². The van der Waals surface area contributed by atoms with Crippen molar-refractivity contribution in [3.05, 3.63) is 10.8 Å². The molecule has 0 aliphatic rings. The molecule has 0 spiro atoms. The average molecular weight is 117 g/mol. The third-order valence-electron chi connectivity index (χ3n) is 0. The van der Waals surface area contributed by atoms with E-state index in [4.69, 9.17) is 10.8 Å². The van der Waals surface area contributed by atoms with Gasteiger partial charge in [-0.15, -0.1) is 20.8 Å². The van der Waals surface area contributed by atoms with Crippen molar-refractivity contribution in [2.24, 2.45) is 0 Å². The van der Waals surface area contributed by atoms with Crippen molar-refractivity contribution in [3.8, 4) is 0 Å². The average Bonchev–Trinajstić information content (AvgIpc) is 1.50. The molecule has 0 aromatic heterocycles. The van der Waals surface area contributed by atoms with E-state index >= 15 is 0 Å². The molecule has 0 unspecified atom stereocenters. The van der Waals surface area contributed by atoms with Gasteiger partial charge in [0.15, 0.2) is 0 Å². The summed E-state index contributed by atoms with van der Waals surface area (Å²) < 4.78 is 0. The second kappa shape index (κ2) is 69.3. The monoisotopic (exact) mass is 116 g/mol. The Hall–Kier alpha value is 1.12. The van der Waals surface area contributed by atoms with Crippen LogP contribution in [0.2, 0.25) is 0 Å². The molecule has 2 nitrogen and oxygen atoms in total. The minimum absolute atomic E-state index is 0. The standard InChI is InChI=1S/Mg.2H4NSi/c;2*1-2/h;2*1H,2H3/q+2;2*-1. The number of nitrogens with one attached hydrogen (secondary N) is 2. The van der Waals surface area contributed by atoms with Gasteiger partial charge in [0.05, 0.1) is 0 Å². The molecule has 0 saturated heterocycles. The van der Waals surface area contributed by atoms with Gasteiger partial charge in [-0.05, 0) is 0 Å². The van der Waals surface area contributed by atoms with Gasteiger partial charge in [0, 0.05) is 0 Å². The SMILES string of the molecule is [Mg+2].[NH-][SiH3].[NH-][SiH3]. The fourth-order valence-electron chi connectivity index (χ4n) is 0. The van der Waals surface area contributed by atoms with Crippen LogP contribution in [-0.2, 0) is 0 Å². The molecule has 2 N–H and O–H groups in total. The molecule has 0 aromatic rings. The molecule has 0 fully saturated rings. The molecule has 0 amide bonds. The quantitative estimate of drug-likeness (QED) is 0.338. The summed E-state index contributed by atoms with van der Waals surface area (Å²) in [5.74, 6) is 0. The maximum atomic E-state index is 5.89. The zero-order valence-corrected chi connectivity index (χ0v) is 9.12. The van der Waals surface area contributed by atoms with Crippen LogP contribution < -0.4 is 0 Å². The molecule has 0 atom stereocenters. The van der Waals surface area contributed by atoms with Gasteiger partial charge in [0.2, 0.25) is 0 Å². The Morgan fingerprint density at radius 2 is 0.800 bits per heavy atom. The Morgan fingerprint density at radius 1 is 0.800 bits per heavy atom. The van der Waals surface area contributed by atoms with Crippen LogP contribution in [0.4, 0.5) is 0 Å². The van der Waals surface area contributed by atoms with E-state index in [0.717, 1.165) is 0 Å². The Bertz CT molecular complexity index is 7.61. The first-order chi connectivity index (χ1) is 2.00. The molecular formula is H8MgN2Si2. The summed E-state index contributed by atoms with van der Waals surface area (Å²) in [6.07, 6.45) is 0. The van der Waals surface area contributed by atoms with E-state index in [-0.39, 0.29) is 23.1 Å². The van der Waals surface area contributed by atoms with Crippen LogP contribution in [-0.4, -0.2) is 43.9 Å². The maximum Gasteiger partial charge on any atom is 2.00 e. The molecule has 5 heavy (non-hydrogen) atoms. The minimum atomic E-state index is 0. The van der Waals surface area contributed by atoms with Crippen LogP contribution in [0.15, 0.2) is 0 Å². The van der Waals surface area contributed by atoms with Crippen molar-refractivity contribution in [1.29, 1.82) is 0 Å². The summed E-state index contributed by atoms with van der Waals surface area (Å²) >= 11 is 0. The summed E-state index contributed by atoms with van der Waals surface area (Å²) in [7, 11) is 1.11. The summed E-state index contributed by atoms with van der Waals surface area (Å²) in [5.41, 5.74) is 0. The first-order valence-corrected chi connectivity index (χ1v) is 3.00. The second-order valence-electron chi connectivity index (χ2n) is 0. The van der Waals surface area contributed by atoms with E-state index < -0.39 is 0 Å². The Morgan fingerprint density at radius 3 is 0.800 bits per heavy atom. The second-order valence-corrected chi connectivity index (χ2v) is 0. The van der Waals surface area contributed by atoms with E-state index in [1.165, 1.54) is 0 Å². The van der Waals surface area contributed by atoms with Gasteiger partial charge in [-0.1, -0.05) is 0 Å². The number of hydrogen-bond acceptors (Lipinski definition) is 0. The van der Waals surface area contributed by atoms with Crippen LogP contribution in [0.25, 0.3) is 10.8 Å². The Kier molecular flexibility index (Phi) is 228. The van der Waals surface area contributed by atoms with Gasteiger partial charge < -0.3 is 10.8 Å². The fraction of sp³-hybridized carbons (Fsp3) is 0. The van der Waals surface area contributed by atoms with E-state index in [1.54, 1.807) is 0 Å². The van der Waals surface area contributed by atoms with Crippen LogP contribution in [0, 0.1) is 0 Å². The van der Waals surface area contributed by atoms with Gasteiger partial charge in [-0.2, -0.15) is 0 Å². The van der Waals surface area contributed by atoms with Crippen molar-refractivity contribution in [2.45, 2.75) is 0 Å². The molecular weight excluding hydrogens is 108 g/mol. The van der Waals surface area contributed by atoms with Crippen molar-refractivity contribution < 1.29 is 0 Å². The van der Waals surface area contributed by atoms with E-state index in [1.807, 2.05) is 0 Å². The molecule has 0 heterocycles. The summed E-state index contributed by atoms with van der Waals surface area (Å²) in [6.45, 7) is 0. The molecule has 0 aliphatic heterocycles. The Balaban J connectivity index is -0.0000000133. The number of hydrogen-bond donors (Lipinski definition) is 0. The molecule has 0 aliphatic carbocycles. The molecule has 28 valence electrons. The van der Waals surface area contributed by atoms with E-state index in [9.17, 15) is 0 Å². The third-order valence-corrected chi connectivity index (χ3v) is 0. The van der Waals surface area contributed by atoms with Crippen LogP contribution in [0.3, 0.4) is 0 Å². The van der Waals surface area contributed by atoms with Gasteiger partial charge in [0.25, 0.3) is 0 Å². The molecule has 0 aromatic carbocycles. The minimum Gasteiger partial charge on any atom is -0.687 e. The van der Waals surface area contributed by atoms with Crippen LogP contribution >= 0.6 is 0 Å². The van der Waals surface area contributed by atoms with Gasteiger partial charge in [-0.25, -0.2) is 0 Å². The van der Waals surface area contributed by atoms with Crippen LogP contribution in [0.5, 0.6) is 0 Å². The smallest absolute Gasteiger partial charge is 0.687 e. The predicted octanol–water partition coefficient (Wildman–Crippen LogP) is -1.74. The van der Waals surface area contributed by atoms with Crippen molar-refractivity contribution >= 4 is 43.9 Å². The van der Waals surface area contributed by atoms with Crippen molar-refractivity contribution in [1.82, 2.24) is 0 Å². The summed E-state index contributed by atoms with van der Waals surface area (Å²) in [5, 5.41) is 11.8. The van der Waals surface area contributed by atoms with Gasteiger partial charge in [0.1, 0.15) is 0 Å². The molecule has 0 rings (SSSR count). The molecule has 0 bridgehead atoms. The maximum absolute atomic E-state index is 5.89. The topological polar surface area (TPSA) is 47.6 Å². The first-order valence-electron chi connectivity index (χ1n) is 1.00. The molecule has 0 saturated carbocycles. The van der Waals surface area contributed by atoms with Gasteiger partial charge >= 0.3 is 23.1 Å².